The van der Waals surface area contributed by atoms with Crippen LogP contribution in [0, 0.1) is 5.82 Å². The minimum Gasteiger partial charge on any atom is -0.493 e. The molecule has 0 bridgehead atoms. The summed E-state index contributed by atoms with van der Waals surface area (Å²) in [5.74, 6) is 0.292. The fourth-order valence-corrected chi connectivity index (χ4v) is 2.95. The van der Waals surface area contributed by atoms with Crippen molar-refractivity contribution in [3.8, 4) is 11.5 Å². The SMILES string of the molecule is C=C(/N=C(\C)c1ccc(F)c(Br)c1)C(=O)CNC(=C)c1ccc(OCCO)c(OC)c1. The standard InChI is InChI=1S/C23H24BrFN2O4/c1-14(18-6-8-22(31-10-9-28)23(12-18)30-4)26-13-21(29)16(3)27-15(2)17-5-7-20(25)19(24)11-17/h5-8,11-12,26,28H,1,3,9-10,13H2,2,4H3/b27-15+. The number of benzene rings is 2. The highest BCUT2D eigenvalue weighted by molar-refractivity contribution is 9.10. The van der Waals surface area contributed by atoms with Gasteiger partial charge in [0, 0.05) is 17.0 Å². The van der Waals surface area contributed by atoms with E-state index in [0.717, 1.165) is 0 Å². The molecule has 164 valence electrons. The van der Waals surface area contributed by atoms with Gasteiger partial charge >= 0.3 is 0 Å². The molecule has 8 heteroatoms. The van der Waals surface area contributed by atoms with Gasteiger partial charge in [-0.25, -0.2) is 9.38 Å². The molecule has 0 aliphatic rings. The molecule has 0 saturated carbocycles. The molecule has 31 heavy (non-hydrogen) atoms. The molecule has 0 unspecified atom stereocenters. The number of Topliss-reactive ketones (excluding diaryl/α,β-unsaturated/α-hetero) is 1. The number of hydrogen-bond acceptors (Lipinski definition) is 6. The number of ketones is 1. The van der Waals surface area contributed by atoms with Crippen LogP contribution in [0.4, 0.5) is 4.39 Å². The smallest absolute Gasteiger partial charge is 0.199 e. The number of halogens is 2. The Balaban J connectivity index is 2.00. The fourth-order valence-electron chi connectivity index (χ4n) is 2.57. The summed E-state index contributed by atoms with van der Waals surface area (Å²) in [7, 11) is 1.51. The second kappa shape index (κ2) is 11.4. The molecule has 0 aliphatic carbocycles. The Morgan fingerprint density at radius 3 is 2.55 bits per heavy atom. The van der Waals surface area contributed by atoms with Gasteiger partial charge in [0.2, 0.25) is 0 Å². The normalized spacial score (nSPS) is 11.1. The highest BCUT2D eigenvalue weighted by Crippen LogP contribution is 2.29. The number of carbonyl (C=O) groups excluding carboxylic acids is 1. The summed E-state index contributed by atoms with van der Waals surface area (Å²) in [5, 5.41) is 11.8. The maximum absolute atomic E-state index is 13.4. The zero-order valence-electron chi connectivity index (χ0n) is 17.4. The minimum atomic E-state index is -0.376. The van der Waals surface area contributed by atoms with Crippen molar-refractivity contribution < 1.29 is 23.8 Å². The van der Waals surface area contributed by atoms with Crippen LogP contribution < -0.4 is 14.8 Å². The third kappa shape index (κ3) is 6.77. The number of rotatable bonds is 11. The number of carbonyl (C=O) groups is 1. The average molecular weight is 491 g/mol. The van der Waals surface area contributed by atoms with Gasteiger partial charge in [-0.2, -0.15) is 0 Å². The predicted molar refractivity (Wildman–Crippen MR) is 123 cm³/mol. The summed E-state index contributed by atoms with van der Waals surface area (Å²) in [6, 6.07) is 9.68. The van der Waals surface area contributed by atoms with Crippen molar-refractivity contribution in [1.29, 1.82) is 0 Å². The summed E-state index contributed by atoms with van der Waals surface area (Å²) < 4.78 is 24.4. The van der Waals surface area contributed by atoms with Crippen LogP contribution in [-0.2, 0) is 4.79 Å². The summed E-state index contributed by atoms with van der Waals surface area (Å²) in [6.45, 7) is 9.39. The molecule has 2 aromatic carbocycles. The lowest BCUT2D eigenvalue weighted by Gasteiger charge is -2.14. The van der Waals surface area contributed by atoms with Gasteiger partial charge < -0.3 is 19.9 Å². The summed E-state index contributed by atoms with van der Waals surface area (Å²) in [6.07, 6.45) is 0. The first-order valence-corrected chi connectivity index (χ1v) is 10.1. The van der Waals surface area contributed by atoms with Crippen molar-refractivity contribution >= 4 is 33.1 Å². The van der Waals surface area contributed by atoms with Crippen molar-refractivity contribution in [2.45, 2.75) is 6.92 Å². The van der Waals surface area contributed by atoms with Crippen molar-refractivity contribution in [2.24, 2.45) is 4.99 Å². The first-order valence-electron chi connectivity index (χ1n) is 9.34. The number of nitrogens with zero attached hydrogens (tertiary/aromatic N) is 1. The zero-order valence-corrected chi connectivity index (χ0v) is 19.0. The van der Waals surface area contributed by atoms with Gasteiger partial charge in [-0.05, 0) is 58.7 Å². The lowest BCUT2D eigenvalue weighted by atomic mass is 10.1. The highest BCUT2D eigenvalue weighted by atomic mass is 79.9. The maximum atomic E-state index is 13.4. The number of aliphatic hydroxyl groups is 1. The maximum Gasteiger partial charge on any atom is 0.199 e. The minimum absolute atomic E-state index is 0.0490. The molecule has 2 rings (SSSR count). The number of nitrogens with one attached hydrogen (secondary N) is 1. The summed E-state index contributed by atoms with van der Waals surface area (Å²) in [5.41, 5.74) is 2.51. The lowest BCUT2D eigenvalue weighted by molar-refractivity contribution is -0.114. The van der Waals surface area contributed by atoms with Gasteiger partial charge in [-0.1, -0.05) is 19.2 Å². The molecular formula is C23H24BrFN2O4. The van der Waals surface area contributed by atoms with E-state index in [1.165, 1.54) is 13.2 Å². The van der Waals surface area contributed by atoms with Gasteiger partial charge in [0.1, 0.15) is 18.1 Å². The molecule has 0 aliphatic heterocycles. The molecule has 0 spiro atoms. The molecule has 0 saturated heterocycles. The van der Waals surface area contributed by atoms with E-state index < -0.39 is 0 Å². The van der Waals surface area contributed by atoms with E-state index in [2.05, 4.69) is 39.4 Å². The van der Waals surface area contributed by atoms with E-state index in [4.69, 9.17) is 14.6 Å². The van der Waals surface area contributed by atoms with Crippen LogP contribution in [0.25, 0.3) is 5.70 Å². The van der Waals surface area contributed by atoms with E-state index in [9.17, 15) is 9.18 Å². The Labute approximate surface area is 189 Å². The van der Waals surface area contributed by atoms with E-state index in [1.807, 2.05) is 0 Å². The Morgan fingerprint density at radius 2 is 1.90 bits per heavy atom. The molecule has 0 aromatic heterocycles. The molecule has 2 N–H and O–H groups in total. The Morgan fingerprint density at radius 1 is 1.19 bits per heavy atom. The van der Waals surface area contributed by atoms with Crippen LogP contribution >= 0.6 is 15.9 Å². The number of hydrogen-bond donors (Lipinski definition) is 2. The van der Waals surface area contributed by atoms with Crippen molar-refractivity contribution in [3.05, 3.63) is 76.7 Å². The van der Waals surface area contributed by atoms with E-state index in [-0.39, 0.29) is 37.1 Å². The molecule has 0 fully saturated rings. The second-order valence-corrected chi connectivity index (χ2v) is 7.32. The molecule has 0 heterocycles. The topological polar surface area (TPSA) is 80.2 Å². The van der Waals surface area contributed by atoms with Crippen LogP contribution in [-0.4, -0.2) is 43.5 Å². The average Bonchev–Trinajstić information content (AvgIpc) is 2.77. The largest absolute Gasteiger partial charge is 0.493 e. The fraction of sp³-hybridized carbons (Fsp3) is 0.217. The highest BCUT2D eigenvalue weighted by Gasteiger charge is 2.11. The van der Waals surface area contributed by atoms with Gasteiger partial charge in [0.25, 0.3) is 0 Å². The lowest BCUT2D eigenvalue weighted by Crippen LogP contribution is -2.22. The quantitative estimate of drug-likeness (QED) is 0.365. The molecule has 6 nitrogen and oxygen atoms in total. The van der Waals surface area contributed by atoms with Crippen LogP contribution in [0.3, 0.4) is 0 Å². The van der Waals surface area contributed by atoms with E-state index in [1.54, 1.807) is 37.3 Å². The van der Waals surface area contributed by atoms with Gasteiger partial charge in [0.15, 0.2) is 17.3 Å². The van der Waals surface area contributed by atoms with Crippen LogP contribution in [0.15, 0.2) is 64.7 Å². The molecular weight excluding hydrogens is 467 g/mol. The molecule has 2 aromatic rings. The first kappa shape index (κ1) is 24.3. The van der Waals surface area contributed by atoms with Gasteiger partial charge in [0.05, 0.1) is 24.7 Å². The van der Waals surface area contributed by atoms with E-state index in [0.29, 0.717) is 38.5 Å². The predicted octanol–water partition coefficient (Wildman–Crippen LogP) is 4.12. The zero-order chi connectivity index (χ0) is 23.0. The molecule has 0 amide bonds. The Hall–Kier alpha value is -2.97. The van der Waals surface area contributed by atoms with Crippen molar-refractivity contribution in [2.75, 3.05) is 26.9 Å². The van der Waals surface area contributed by atoms with Crippen LogP contribution in [0.2, 0.25) is 0 Å². The van der Waals surface area contributed by atoms with Crippen molar-refractivity contribution in [3.63, 3.8) is 0 Å². The van der Waals surface area contributed by atoms with Gasteiger partial charge in [-0.3, -0.25) is 4.79 Å². The first-order chi connectivity index (χ1) is 14.8. The second-order valence-electron chi connectivity index (χ2n) is 6.47. The monoisotopic (exact) mass is 490 g/mol. The number of methoxy groups -OCH3 is 1. The van der Waals surface area contributed by atoms with Crippen molar-refractivity contribution in [1.82, 2.24) is 5.32 Å². The number of aliphatic imine (C=N–C) groups is 1. The number of aliphatic hydroxyl groups excluding tert-OH is 1. The molecule has 0 radical (unpaired) electrons. The third-order valence-electron chi connectivity index (χ3n) is 4.29. The Bertz CT molecular complexity index is 1020. The number of ether oxygens (including phenoxy) is 2. The van der Waals surface area contributed by atoms with E-state index >= 15 is 0 Å². The molecule has 0 atom stereocenters. The van der Waals surface area contributed by atoms with Crippen LogP contribution in [0.5, 0.6) is 11.5 Å². The third-order valence-corrected chi connectivity index (χ3v) is 4.89. The van der Waals surface area contributed by atoms with Crippen LogP contribution in [0.1, 0.15) is 18.1 Å². The van der Waals surface area contributed by atoms with Gasteiger partial charge in [-0.15, -0.1) is 0 Å². The summed E-state index contributed by atoms with van der Waals surface area (Å²) in [4.78, 5) is 16.7. The summed E-state index contributed by atoms with van der Waals surface area (Å²) >= 11 is 3.13. The Kier molecular flexibility index (Phi) is 8.96.